The van der Waals surface area contributed by atoms with Gasteiger partial charge in [0.05, 0.1) is 11.7 Å². The molecule has 0 bridgehead atoms. The van der Waals surface area contributed by atoms with Crippen LogP contribution in [0.2, 0.25) is 5.15 Å². The Hall–Kier alpha value is -1.20. The number of pyridine rings is 1. The second-order valence-corrected chi connectivity index (χ2v) is 5.75. The van der Waals surface area contributed by atoms with Gasteiger partial charge < -0.3 is 5.32 Å². The molecular formula is C14H12BrClF2N2. The Morgan fingerprint density at radius 2 is 1.95 bits per heavy atom. The SMILES string of the molecule is Cc1cc(F)c(C(C)Nc2cc(Br)cnc2Cl)cc1F. The molecule has 6 heteroatoms. The van der Waals surface area contributed by atoms with E-state index < -0.39 is 17.7 Å². The molecule has 2 aromatic rings. The minimum Gasteiger partial charge on any atom is -0.376 e. The van der Waals surface area contributed by atoms with Crippen LogP contribution in [0.4, 0.5) is 14.5 Å². The maximum absolute atomic E-state index is 13.9. The number of hydrogen-bond donors (Lipinski definition) is 1. The Bertz CT molecular complexity index is 649. The van der Waals surface area contributed by atoms with Gasteiger partial charge in [0.1, 0.15) is 11.6 Å². The molecule has 0 aliphatic carbocycles. The lowest BCUT2D eigenvalue weighted by atomic mass is 10.0. The number of nitrogens with zero attached hydrogens (tertiary/aromatic N) is 1. The Morgan fingerprint density at radius 1 is 1.25 bits per heavy atom. The lowest BCUT2D eigenvalue weighted by Gasteiger charge is -2.18. The molecule has 1 N–H and O–H groups in total. The number of nitrogens with one attached hydrogen (secondary N) is 1. The summed E-state index contributed by atoms with van der Waals surface area (Å²) in [4.78, 5) is 3.97. The van der Waals surface area contributed by atoms with E-state index in [9.17, 15) is 8.78 Å². The molecule has 0 radical (unpaired) electrons. The van der Waals surface area contributed by atoms with Gasteiger partial charge in [-0.2, -0.15) is 0 Å². The number of aromatic nitrogens is 1. The topological polar surface area (TPSA) is 24.9 Å². The number of aryl methyl sites for hydroxylation is 1. The molecule has 1 atom stereocenters. The highest BCUT2D eigenvalue weighted by Crippen LogP contribution is 2.29. The van der Waals surface area contributed by atoms with Crippen LogP contribution in [0, 0.1) is 18.6 Å². The van der Waals surface area contributed by atoms with Crippen molar-refractivity contribution in [3.63, 3.8) is 0 Å². The molecular weight excluding hydrogens is 350 g/mol. The zero-order valence-corrected chi connectivity index (χ0v) is 13.2. The zero-order chi connectivity index (χ0) is 14.9. The van der Waals surface area contributed by atoms with Crippen LogP contribution in [-0.2, 0) is 0 Å². The van der Waals surface area contributed by atoms with Gasteiger partial charge in [-0.25, -0.2) is 13.8 Å². The fraction of sp³-hybridized carbons (Fsp3) is 0.214. The quantitative estimate of drug-likeness (QED) is 0.755. The van der Waals surface area contributed by atoms with Crippen LogP contribution in [-0.4, -0.2) is 4.98 Å². The molecule has 106 valence electrons. The van der Waals surface area contributed by atoms with E-state index >= 15 is 0 Å². The van der Waals surface area contributed by atoms with E-state index in [1.807, 2.05) is 0 Å². The van der Waals surface area contributed by atoms with Crippen LogP contribution >= 0.6 is 27.5 Å². The average Bonchev–Trinajstić information content (AvgIpc) is 2.38. The number of anilines is 1. The van der Waals surface area contributed by atoms with Crippen LogP contribution in [0.15, 0.2) is 28.9 Å². The van der Waals surface area contributed by atoms with E-state index in [4.69, 9.17) is 11.6 Å². The molecule has 1 heterocycles. The van der Waals surface area contributed by atoms with Crippen molar-refractivity contribution in [2.24, 2.45) is 0 Å². The monoisotopic (exact) mass is 360 g/mol. The van der Waals surface area contributed by atoms with Gasteiger partial charge in [-0.1, -0.05) is 11.6 Å². The maximum Gasteiger partial charge on any atom is 0.152 e. The number of rotatable bonds is 3. The average molecular weight is 362 g/mol. The first-order chi connectivity index (χ1) is 9.38. The molecule has 0 amide bonds. The van der Waals surface area contributed by atoms with Crippen molar-refractivity contribution >= 4 is 33.2 Å². The highest BCUT2D eigenvalue weighted by atomic mass is 79.9. The van der Waals surface area contributed by atoms with Crippen LogP contribution in [0.5, 0.6) is 0 Å². The van der Waals surface area contributed by atoms with Gasteiger partial charge in [0.2, 0.25) is 0 Å². The van der Waals surface area contributed by atoms with Gasteiger partial charge in [-0.15, -0.1) is 0 Å². The van der Waals surface area contributed by atoms with Gasteiger partial charge in [0, 0.05) is 16.2 Å². The fourth-order valence-electron chi connectivity index (χ4n) is 1.83. The van der Waals surface area contributed by atoms with Gasteiger partial charge >= 0.3 is 0 Å². The van der Waals surface area contributed by atoms with Crippen molar-refractivity contribution < 1.29 is 8.78 Å². The summed E-state index contributed by atoms with van der Waals surface area (Å²) in [5.41, 5.74) is 1.07. The van der Waals surface area contributed by atoms with E-state index in [1.165, 1.54) is 19.1 Å². The van der Waals surface area contributed by atoms with E-state index in [-0.39, 0.29) is 16.3 Å². The van der Waals surface area contributed by atoms with Crippen molar-refractivity contribution in [2.75, 3.05) is 5.32 Å². The van der Waals surface area contributed by atoms with Crippen molar-refractivity contribution in [1.82, 2.24) is 4.98 Å². The molecule has 0 fully saturated rings. The van der Waals surface area contributed by atoms with Crippen LogP contribution in [0.1, 0.15) is 24.1 Å². The van der Waals surface area contributed by atoms with Gasteiger partial charge in [-0.05, 0) is 53.5 Å². The zero-order valence-electron chi connectivity index (χ0n) is 10.8. The van der Waals surface area contributed by atoms with Crippen molar-refractivity contribution in [3.05, 3.63) is 56.8 Å². The van der Waals surface area contributed by atoms with Gasteiger partial charge in [0.15, 0.2) is 5.15 Å². The molecule has 1 aromatic carbocycles. The van der Waals surface area contributed by atoms with Crippen LogP contribution < -0.4 is 5.32 Å². The molecule has 0 aliphatic heterocycles. The lowest BCUT2D eigenvalue weighted by Crippen LogP contribution is -2.10. The molecule has 2 nitrogen and oxygen atoms in total. The minimum absolute atomic E-state index is 0.240. The van der Waals surface area contributed by atoms with E-state index in [2.05, 4.69) is 26.2 Å². The lowest BCUT2D eigenvalue weighted by molar-refractivity contribution is 0.571. The van der Waals surface area contributed by atoms with Crippen LogP contribution in [0.25, 0.3) is 0 Å². The number of hydrogen-bond acceptors (Lipinski definition) is 2. The maximum atomic E-state index is 13.9. The predicted molar refractivity (Wildman–Crippen MR) is 80.1 cm³/mol. The van der Waals surface area contributed by atoms with Gasteiger partial charge in [0.25, 0.3) is 0 Å². The molecule has 0 spiro atoms. The normalized spacial score (nSPS) is 12.3. The summed E-state index contributed by atoms with van der Waals surface area (Å²) in [6.07, 6.45) is 1.56. The summed E-state index contributed by atoms with van der Waals surface area (Å²) in [5, 5.41) is 3.30. The third-order valence-electron chi connectivity index (χ3n) is 2.92. The smallest absolute Gasteiger partial charge is 0.152 e. The summed E-state index contributed by atoms with van der Waals surface area (Å²) in [6, 6.07) is 3.67. The minimum atomic E-state index is -0.456. The predicted octanol–water partition coefficient (Wildman–Crippen LogP) is 5.26. The molecule has 0 saturated carbocycles. The Labute approximate surface area is 129 Å². The highest BCUT2D eigenvalue weighted by Gasteiger charge is 2.15. The molecule has 0 saturated heterocycles. The van der Waals surface area contributed by atoms with Gasteiger partial charge in [-0.3, -0.25) is 0 Å². The fourth-order valence-corrected chi connectivity index (χ4v) is 2.32. The summed E-state index contributed by atoms with van der Waals surface area (Å²) in [7, 11) is 0. The molecule has 1 aromatic heterocycles. The Balaban J connectivity index is 2.30. The third kappa shape index (κ3) is 3.27. The number of halogens is 4. The second kappa shape index (κ2) is 6.06. The third-order valence-corrected chi connectivity index (χ3v) is 3.66. The summed E-state index contributed by atoms with van der Waals surface area (Å²) >= 11 is 9.24. The largest absolute Gasteiger partial charge is 0.376 e. The standard InChI is InChI=1S/C14H12BrClF2N2/c1-7-3-12(18)10(5-11(7)17)8(2)20-13-4-9(15)6-19-14(13)16/h3-6,8,20H,1-2H3. The molecule has 0 aliphatic rings. The summed E-state index contributed by atoms with van der Waals surface area (Å²) < 4.78 is 28.2. The van der Waals surface area contributed by atoms with Crippen LogP contribution in [0.3, 0.4) is 0 Å². The Morgan fingerprint density at radius 3 is 2.65 bits per heavy atom. The second-order valence-electron chi connectivity index (χ2n) is 4.48. The first-order valence-corrected chi connectivity index (χ1v) is 7.08. The first kappa shape index (κ1) is 15.2. The molecule has 2 rings (SSSR count). The highest BCUT2D eigenvalue weighted by molar-refractivity contribution is 9.10. The summed E-state index contributed by atoms with van der Waals surface area (Å²) in [5.74, 6) is -0.892. The molecule has 20 heavy (non-hydrogen) atoms. The van der Waals surface area contributed by atoms with Crippen molar-refractivity contribution in [1.29, 1.82) is 0 Å². The number of benzene rings is 1. The Kier molecular flexibility index (Phi) is 4.60. The first-order valence-electron chi connectivity index (χ1n) is 5.91. The molecule has 1 unspecified atom stereocenters. The summed E-state index contributed by atoms with van der Waals surface area (Å²) in [6.45, 7) is 3.25. The van der Waals surface area contributed by atoms with E-state index in [0.717, 1.165) is 4.47 Å². The van der Waals surface area contributed by atoms with Crippen molar-refractivity contribution in [3.8, 4) is 0 Å². The van der Waals surface area contributed by atoms with E-state index in [0.29, 0.717) is 5.69 Å². The van der Waals surface area contributed by atoms with E-state index in [1.54, 1.807) is 19.2 Å². The van der Waals surface area contributed by atoms with Crippen molar-refractivity contribution in [2.45, 2.75) is 19.9 Å².